The van der Waals surface area contributed by atoms with E-state index in [1.807, 2.05) is 29.2 Å². The average molecular weight is 742 g/mol. The van der Waals surface area contributed by atoms with Crippen molar-refractivity contribution >= 4 is 41.5 Å². The van der Waals surface area contributed by atoms with Crippen molar-refractivity contribution in [2.24, 2.45) is 22.5 Å². The van der Waals surface area contributed by atoms with Crippen LogP contribution in [0.25, 0.3) is 0 Å². The Morgan fingerprint density at radius 3 is 1.90 bits per heavy atom. The molecule has 1 aromatic carbocycles. The molecule has 1 unspecified atom stereocenters. The van der Waals surface area contributed by atoms with Crippen LogP contribution in [0.3, 0.4) is 0 Å². The molecule has 0 aromatic heterocycles. The van der Waals surface area contributed by atoms with Gasteiger partial charge in [0.15, 0.2) is 0 Å². The molecule has 3 fully saturated rings. The molecule has 4 rings (SSSR count). The summed E-state index contributed by atoms with van der Waals surface area (Å²) in [5.74, 6) is -1.69. The van der Waals surface area contributed by atoms with Crippen molar-refractivity contribution in [3.63, 3.8) is 0 Å². The summed E-state index contributed by atoms with van der Waals surface area (Å²) >= 11 is 6.22. The highest BCUT2D eigenvalue weighted by Crippen LogP contribution is 2.42. The van der Waals surface area contributed by atoms with Gasteiger partial charge in [0.05, 0.1) is 12.0 Å². The lowest BCUT2D eigenvalue weighted by Gasteiger charge is -2.45. The molecule has 0 radical (unpaired) electrons. The summed E-state index contributed by atoms with van der Waals surface area (Å²) in [4.78, 5) is 71.3. The van der Waals surface area contributed by atoms with E-state index in [-0.39, 0.29) is 53.1 Å². The number of carbonyl (C=O) groups excluding carboxylic acids is 5. The van der Waals surface area contributed by atoms with Gasteiger partial charge < -0.3 is 20.4 Å². The normalized spacial score (nSPS) is 24.4. The topological polar surface area (TPSA) is 124 Å². The van der Waals surface area contributed by atoms with E-state index in [9.17, 15) is 32.3 Å². The fraction of sp³-hybridized carbons (Fsp3) is 0.703. The number of aldehydes is 1. The molecule has 286 valence electrons. The summed E-state index contributed by atoms with van der Waals surface area (Å²) in [5.41, 5.74) is 5.41. The Labute approximate surface area is 305 Å². The molecule has 10 nitrogen and oxygen atoms in total. The smallest absolute Gasteiger partial charge is 0.369 e. The highest BCUT2D eigenvalue weighted by Gasteiger charge is 2.52. The van der Waals surface area contributed by atoms with Crippen LogP contribution in [-0.4, -0.2) is 113 Å². The lowest BCUT2D eigenvalue weighted by molar-refractivity contribution is -0.156. The lowest BCUT2D eigenvalue weighted by Crippen LogP contribution is -2.57. The highest BCUT2D eigenvalue weighted by molar-refractivity contribution is 6.30. The van der Waals surface area contributed by atoms with Gasteiger partial charge in [-0.05, 0) is 89.8 Å². The summed E-state index contributed by atoms with van der Waals surface area (Å²) < 4.78 is 31.2. The summed E-state index contributed by atoms with van der Waals surface area (Å²) in [5, 5.41) is 0.640. The number of hydrogen-bond acceptors (Lipinski definition) is 6. The Kier molecular flexibility index (Phi) is 13.1. The number of nitrogens with zero attached hydrogens (tertiary/aromatic N) is 4. The number of carbonyl (C=O) groups is 5. The molecule has 0 bridgehead atoms. The van der Waals surface area contributed by atoms with Gasteiger partial charge in [0, 0.05) is 56.3 Å². The van der Waals surface area contributed by atoms with E-state index in [0.29, 0.717) is 24.5 Å². The van der Waals surface area contributed by atoms with Crippen LogP contribution >= 0.6 is 11.6 Å². The Morgan fingerprint density at radius 2 is 1.45 bits per heavy atom. The van der Waals surface area contributed by atoms with E-state index in [1.165, 1.54) is 4.90 Å². The standard InChI is InChI=1S/C35H54ClN5O4.C2HF3O/c1-33(2,3)39-20-26(22-10-12-23(36)13-11-22)27(21-39)29(42)40-19-25(18-28(40)30(43)38(8)9)41(32(45)35(6,7)31(37)44)24-14-16-34(4,5)17-15-24;3-2(4,5)1-6/h10-13,24-28H,14-21H2,1-9H3,(H2,37,44);1H/t25-,26-,27?,28-;/m0./s1. The van der Waals surface area contributed by atoms with E-state index >= 15 is 0 Å². The quantitative estimate of drug-likeness (QED) is 0.300. The van der Waals surface area contributed by atoms with Crippen LogP contribution in [0.4, 0.5) is 13.2 Å². The van der Waals surface area contributed by atoms with E-state index in [1.54, 1.807) is 32.8 Å². The molecule has 2 aliphatic heterocycles. The second-order valence-corrected chi connectivity index (χ2v) is 17.2. The molecule has 2 N–H and O–H groups in total. The Balaban J connectivity index is 0.00000107. The number of likely N-dealkylation sites (tertiary alicyclic amines) is 2. The van der Waals surface area contributed by atoms with Gasteiger partial charge in [0.25, 0.3) is 0 Å². The predicted octanol–water partition coefficient (Wildman–Crippen LogP) is 5.27. The molecule has 1 saturated carbocycles. The van der Waals surface area contributed by atoms with E-state index in [4.69, 9.17) is 22.1 Å². The van der Waals surface area contributed by atoms with Gasteiger partial charge in [-0.3, -0.25) is 28.9 Å². The van der Waals surface area contributed by atoms with Gasteiger partial charge in [-0.15, -0.1) is 0 Å². The summed E-state index contributed by atoms with van der Waals surface area (Å²) in [6.07, 6.45) is -1.89. The SMILES string of the molecule is CN(C)C(=O)[C@@H]1C[C@H](N(C(=O)C(C)(C)C(N)=O)C2CCC(C)(C)CC2)CN1C(=O)C1CN(C(C)(C)C)C[C@H]1c1ccc(Cl)cc1.O=CC(F)(F)F. The van der Waals surface area contributed by atoms with Gasteiger partial charge in [0.2, 0.25) is 29.9 Å². The first-order valence-electron chi connectivity index (χ1n) is 17.5. The minimum absolute atomic E-state index is 0.0734. The van der Waals surface area contributed by atoms with Crippen LogP contribution in [-0.2, 0) is 24.0 Å². The number of primary amides is 1. The molecule has 4 amide bonds. The highest BCUT2D eigenvalue weighted by atomic mass is 35.5. The number of halogens is 4. The molecule has 4 atom stereocenters. The minimum Gasteiger partial charge on any atom is -0.369 e. The minimum atomic E-state index is -4.64. The van der Waals surface area contributed by atoms with Crippen LogP contribution in [0.2, 0.25) is 5.02 Å². The van der Waals surface area contributed by atoms with Crippen molar-refractivity contribution < 1.29 is 37.1 Å². The molecular formula is C37H55ClF3N5O5. The van der Waals surface area contributed by atoms with Crippen molar-refractivity contribution in [3.05, 3.63) is 34.9 Å². The zero-order valence-electron chi connectivity index (χ0n) is 31.3. The fourth-order valence-electron chi connectivity index (χ4n) is 7.37. The van der Waals surface area contributed by atoms with Crippen LogP contribution in [0, 0.1) is 16.7 Å². The fourth-order valence-corrected chi connectivity index (χ4v) is 7.50. The largest absolute Gasteiger partial charge is 0.446 e. The van der Waals surface area contributed by atoms with Crippen molar-refractivity contribution in [1.29, 1.82) is 0 Å². The summed E-state index contributed by atoms with van der Waals surface area (Å²) in [6, 6.07) is 6.49. The molecule has 1 aromatic rings. The molecule has 2 heterocycles. The Bertz CT molecular complexity index is 1430. The van der Waals surface area contributed by atoms with Gasteiger partial charge in [-0.25, -0.2) is 0 Å². The molecule has 2 saturated heterocycles. The molecule has 1 aliphatic carbocycles. The Morgan fingerprint density at radius 1 is 0.922 bits per heavy atom. The first kappa shape index (κ1) is 42.2. The van der Waals surface area contributed by atoms with Crippen molar-refractivity contribution in [2.75, 3.05) is 33.7 Å². The first-order chi connectivity index (χ1) is 23.3. The third kappa shape index (κ3) is 10.2. The second-order valence-electron chi connectivity index (χ2n) is 16.7. The van der Waals surface area contributed by atoms with Crippen LogP contribution in [0.1, 0.15) is 92.1 Å². The molecule has 14 heteroatoms. The number of rotatable bonds is 7. The molecular weight excluding hydrogens is 687 g/mol. The summed E-state index contributed by atoms with van der Waals surface area (Å²) in [7, 11) is 3.40. The predicted molar refractivity (Wildman–Crippen MR) is 190 cm³/mol. The van der Waals surface area contributed by atoms with Crippen LogP contribution < -0.4 is 5.73 Å². The number of likely N-dealkylation sites (N-methyl/N-ethyl adjacent to an activating group) is 1. The molecule has 51 heavy (non-hydrogen) atoms. The van der Waals surface area contributed by atoms with Gasteiger partial charge >= 0.3 is 6.18 Å². The number of nitrogens with two attached hydrogens (primary N) is 1. The average Bonchev–Trinajstić information content (AvgIpc) is 3.67. The number of benzene rings is 1. The maximum atomic E-state index is 14.7. The van der Waals surface area contributed by atoms with Crippen LogP contribution in [0.5, 0.6) is 0 Å². The van der Waals surface area contributed by atoms with Crippen LogP contribution in [0.15, 0.2) is 24.3 Å². The van der Waals surface area contributed by atoms with Gasteiger partial charge in [-0.1, -0.05) is 37.6 Å². The number of amides is 4. The van der Waals surface area contributed by atoms with E-state index in [0.717, 1.165) is 31.2 Å². The van der Waals surface area contributed by atoms with Gasteiger partial charge in [0.1, 0.15) is 11.5 Å². The van der Waals surface area contributed by atoms with E-state index < -0.39 is 35.9 Å². The zero-order chi connectivity index (χ0) is 38.9. The van der Waals surface area contributed by atoms with Crippen molar-refractivity contribution in [3.8, 4) is 0 Å². The zero-order valence-corrected chi connectivity index (χ0v) is 32.1. The van der Waals surface area contributed by atoms with Gasteiger partial charge in [-0.2, -0.15) is 13.2 Å². The van der Waals surface area contributed by atoms with E-state index in [2.05, 4.69) is 39.5 Å². The van der Waals surface area contributed by atoms with Crippen molar-refractivity contribution in [2.45, 2.75) is 116 Å². The lowest BCUT2D eigenvalue weighted by atomic mass is 9.74. The maximum absolute atomic E-state index is 14.7. The number of hydrogen-bond donors (Lipinski definition) is 1. The Hall–Kier alpha value is -3.19. The number of alkyl halides is 3. The molecule has 0 spiro atoms. The van der Waals surface area contributed by atoms with Crippen molar-refractivity contribution in [1.82, 2.24) is 19.6 Å². The maximum Gasteiger partial charge on any atom is 0.446 e. The second kappa shape index (κ2) is 15.8. The monoisotopic (exact) mass is 741 g/mol. The third-order valence-corrected chi connectivity index (χ3v) is 11.0. The third-order valence-electron chi connectivity index (χ3n) is 10.8. The first-order valence-corrected chi connectivity index (χ1v) is 17.9. The summed E-state index contributed by atoms with van der Waals surface area (Å²) in [6.45, 7) is 15.6. The molecule has 3 aliphatic rings.